The van der Waals surface area contributed by atoms with Gasteiger partial charge < -0.3 is 28.8 Å². The van der Waals surface area contributed by atoms with Crippen molar-refractivity contribution in [2.24, 2.45) is 0 Å². The molecule has 0 fully saturated rings. The van der Waals surface area contributed by atoms with Gasteiger partial charge in [-0.05, 0) is 75.2 Å². The van der Waals surface area contributed by atoms with Crippen LogP contribution in [0.3, 0.4) is 0 Å². The SMILES string of the molecule is C.CC(=O)[O-].I.O=C(CCl)c1cc(OCC(F)(F)F)ccc1OCC(F)(F)F.O=C(c1cc(OCC(F)(F)F)ccc1OCC(F)(F)F)C(Cl)(Br)Br.[Na+]. The third kappa shape index (κ3) is 28.9. The number of carboxylic acids is 1. The Hall–Kier alpha value is -1.12. The summed E-state index contributed by atoms with van der Waals surface area (Å²) in [4.78, 5) is 32.5. The quantitative estimate of drug-likeness (QED) is 0.0787. The van der Waals surface area contributed by atoms with Crippen LogP contribution in [0.5, 0.6) is 23.0 Å². The van der Waals surface area contributed by atoms with E-state index in [1.165, 1.54) is 0 Å². The van der Waals surface area contributed by atoms with Crippen molar-refractivity contribution in [1.82, 2.24) is 0 Å². The molecule has 0 saturated carbocycles. The number of carboxylic acid groups (broad SMARTS) is 1. The van der Waals surface area contributed by atoms with Crippen LogP contribution in [-0.4, -0.2) is 77.2 Å². The zero-order chi connectivity index (χ0) is 39.3. The van der Waals surface area contributed by atoms with Crippen LogP contribution < -0.4 is 53.6 Å². The fourth-order valence-electron chi connectivity index (χ4n) is 2.72. The van der Waals surface area contributed by atoms with Crippen LogP contribution in [0.1, 0.15) is 35.1 Å². The van der Waals surface area contributed by atoms with Crippen LogP contribution in [0, 0.1) is 0 Å². The van der Waals surface area contributed by atoms with Gasteiger partial charge in [0.15, 0.2) is 32.2 Å². The second-order valence-corrected chi connectivity index (χ2v) is 14.0. The summed E-state index contributed by atoms with van der Waals surface area (Å²) in [6.45, 7) is -5.63. The van der Waals surface area contributed by atoms with Crippen molar-refractivity contribution >= 4 is 96.6 Å². The maximum atomic E-state index is 12.2. The van der Waals surface area contributed by atoms with Crippen molar-refractivity contribution in [3.05, 3.63) is 47.5 Å². The molecule has 300 valence electrons. The molecule has 2 aromatic rings. The molecule has 53 heavy (non-hydrogen) atoms. The van der Waals surface area contributed by atoms with Crippen LogP contribution >= 0.6 is 79.0 Å². The van der Waals surface area contributed by atoms with Crippen LogP contribution in [-0.2, 0) is 4.79 Å². The summed E-state index contributed by atoms with van der Waals surface area (Å²) in [5.41, 5.74) is -0.887. The van der Waals surface area contributed by atoms with Crippen LogP contribution in [0.4, 0.5) is 52.7 Å². The van der Waals surface area contributed by atoms with Gasteiger partial charge in [-0.1, -0.05) is 19.0 Å². The normalized spacial score (nSPS) is 11.3. The fourth-order valence-corrected chi connectivity index (χ4v) is 3.39. The number of benzene rings is 2. The number of carbonyl (C=O) groups is 3. The van der Waals surface area contributed by atoms with Gasteiger partial charge in [-0.3, -0.25) is 9.59 Å². The Balaban J connectivity index is -0.000000392. The zero-order valence-corrected chi connectivity index (χ0v) is 34.7. The molecule has 0 aliphatic rings. The molecular weight excluding hydrogens is 1060 g/mol. The van der Waals surface area contributed by atoms with E-state index in [-0.39, 0.29) is 72.3 Å². The number of rotatable bonds is 12. The predicted molar refractivity (Wildman–Crippen MR) is 178 cm³/mol. The number of aliphatic carboxylic acids is 1. The Bertz CT molecular complexity index is 1440. The van der Waals surface area contributed by atoms with Gasteiger partial charge in [-0.15, -0.1) is 35.6 Å². The average molecular weight is 1090 g/mol. The number of alkyl halides is 16. The molecule has 0 amide bonds. The van der Waals surface area contributed by atoms with E-state index in [0.717, 1.165) is 43.3 Å². The molecule has 2 rings (SSSR count). The molecule has 0 aliphatic heterocycles. The van der Waals surface area contributed by atoms with E-state index < -0.39 is 100 Å². The van der Waals surface area contributed by atoms with Gasteiger partial charge in [0.05, 0.1) is 17.0 Å². The summed E-state index contributed by atoms with van der Waals surface area (Å²) in [6.07, 6.45) is -18.5. The first-order valence-corrected chi connectivity index (χ1v) is 14.9. The van der Waals surface area contributed by atoms with Crippen molar-refractivity contribution in [3.8, 4) is 23.0 Å². The first-order chi connectivity index (χ1) is 22.4. The number of ketones is 2. The van der Waals surface area contributed by atoms with Gasteiger partial charge in [-0.25, -0.2) is 0 Å². The molecule has 0 heterocycles. The van der Waals surface area contributed by atoms with Gasteiger partial charge in [0, 0.05) is 5.97 Å². The van der Waals surface area contributed by atoms with Gasteiger partial charge in [0.25, 0.3) is 0 Å². The predicted octanol–water partition coefficient (Wildman–Crippen LogP) is 6.44. The molecule has 0 radical (unpaired) electrons. The summed E-state index contributed by atoms with van der Waals surface area (Å²) in [7, 11) is 0. The molecule has 2 aromatic carbocycles. The van der Waals surface area contributed by atoms with E-state index in [1.54, 1.807) is 0 Å². The maximum absolute atomic E-state index is 12.2. The third-order valence-corrected chi connectivity index (χ3v) is 5.55. The van der Waals surface area contributed by atoms with Crippen molar-refractivity contribution in [2.45, 2.75) is 41.7 Å². The van der Waals surface area contributed by atoms with Gasteiger partial charge in [0.1, 0.15) is 23.0 Å². The summed E-state index contributed by atoms with van der Waals surface area (Å²) in [5.74, 6) is -5.15. The first-order valence-electron chi connectivity index (χ1n) is 12.4. The van der Waals surface area contributed by atoms with Crippen LogP contribution in [0.15, 0.2) is 36.4 Å². The third-order valence-electron chi connectivity index (χ3n) is 4.41. The van der Waals surface area contributed by atoms with Crippen molar-refractivity contribution in [3.63, 3.8) is 0 Å². The second-order valence-electron chi connectivity index (χ2n) is 8.81. The van der Waals surface area contributed by atoms with Gasteiger partial charge >= 0.3 is 54.3 Å². The van der Waals surface area contributed by atoms with Gasteiger partial charge in [-0.2, -0.15) is 52.7 Å². The largest absolute Gasteiger partial charge is 1.00 e. The van der Waals surface area contributed by atoms with E-state index in [4.69, 9.17) is 33.1 Å². The molecule has 0 aliphatic carbocycles. The molecule has 0 atom stereocenters. The molecule has 0 unspecified atom stereocenters. The van der Waals surface area contributed by atoms with Crippen molar-refractivity contribution in [1.29, 1.82) is 0 Å². The van der Waals surface area contributed by atoms with Crippen LogP contribution in [0.2, 0.25) is 0 Å². The monoisotopic (exact) mass is 1080 g/mol. The molecular formula is C27H24Br2Cl2F12INaO8. The molecule has 0 N–H and O–H groups in total. The Kier molecular flexibility index (Phi) is 27.9. The van der Waals surface area contributed by atoms with E-state index >= 15 is 0 Å². The minimum absolute atomic E-state index is 0. The fraction of sp³-hybridized carbons (Fsp3) is 0.444. The standard InChI is InChI=1S/C12H7Br2ClF6O3.C12H9ClF6O3.C2H4O2.CH4.HI.Na/c13-12(14,15)9(22)7-3-6(23-4-10(16,17)18)1-2-8(7)24-5-11(19,20)21;13-4-9(20)8-3-7(21-5-11(14,15)16)1-2-10(8)22-6-12(17,18)19;1-2(3)4;;;/h1-3H,4-5H2;1-3H,4-6H2;1H3,(H,3,4);1H4;1H;/q;;;;;+1/p-1. The average Bonchev–Trinajstić information content (AvgIpc) is 2.94. The number of hydrogen-bond donors (Lipinski definition) is 0. The molecule has 8 nitrogen and oxygen atoms in total. The minimum Gasteiger partial charge on any atom is -0.550 e. The van der Waals surface area contributed by atoms with E-state index in [9.17, 15) is 62.3 Å². The summed E-state index contributed by atoms with van der Waals surface area (Å²) in [6, 6.07) is 5.35. The summed E-state index contributed by atoms with van der Waals surface area (Å²) in [5, 5.41) is 8.89. The molecule has 0 bridgehead atoms. The van der Waals surface area contributed by atoms with Crippen LogP contribution in [0.25, 0.3) is 0 Å². The van der Waals surface area contributed by atoms with E-state index in [1.807, 2.05) is 0 Å². The van der Waals surface area contributed by atoms with Crippen molar-refractivity contribution < 1.29 is 121 Å². The maximum Gasteiger partial charge on any atom is 1.00 e. The Labute approximate surface area is 359 Å². The van der Waals surface area contributed by atoms with Gasteiger partial charge in [0.2, 0.25) is 8.48 Å². The Morgan fingerprint density at radius 1 is 0.660 bits per heavy atom. The molecule has 0 spiro atoms. The smallest absolute Gasteiger partial charge is 0.550 e. The number of halogens is 17. The first kappa shape index (κ1) is 58.6. The van der Waals surface area contributed by atoms with E-state index in [2.05, 4.69) is 50.8 Å². The van der Waals surface area contributed by atoms with Crippen molar-refractivity contribution in [2.75, 3.05) is 32.3 Å². The molecule has 0 aromatic heterocycles. The summed E-state index contributed by atoms with van der Waals surface area (Å²) >= 11 is 16.4. The number of hydrogen-bond acceptors (Lipinski definition) is 8. The second kappa shape index (κ2) is 25.2. The Morgan fingerprint density at radius 3 is 1.23 bits per heavy atom. The molecule has 26 heteroatoms. The Morgan fingerprint density at radius 2 is 0.943 bits per heavy atom. The number of Topliss-reactive ketones (excluding diaryl/α,β-unsaturated/α-hetero) is 2. The van der Waals surface area contributed by atoms with E-state index in [0.29, 0.717) is 0 Å². The number of ether oxygens (including phenoxy) is 4. The zero-order valence-electron chi connectivity index (χ0n) is 25.7. The number of carbonyl (C=O) groups excluding carboxylic acids is 3. The minimum atomic E-state index is -4.67. The molecule has 0 saturated heterocycles. The topological polar surface area (TPSA) is 111 Å². The summed E-state index contributed by atoms with van der Waals surface area (Å²) < 4.78 is 161.